The van der Waals surface area contributed by atoms with Crippen LogP contribution in [0.25, 0.3) is 0 Å². The SMILES string of the molecule is CC(=C=CC(C)(C)[C@H]1OCCN1C1CCCCC1)CCC=C(C)C. The molecule has 0 spiro atoms. The zero-order chi connectivity index (χ0) is 17.6. The minimum atomic E-state index is 0.00567. The van der Waals surface area contributed by atoms with Gasteiger partial charge in [0.25, 0.3) is 0 Å². The van der Waals surface area contributed by atoms with Crippen LogP contribution in [0.4, 0.5) is 0 Å². The number of hydrogen-bond acceptors (Lipinski definition) is 2. The predicted octanol–water partition coefficient (Wildman–Crippen LogP) is 5.85. The van der Waals surface area contributed by atoms with Crippen molar-refractivity contribution < 1.29 is 4.74 Å². The molecule has 0 N–H and O–H groups in total. The zero-order valence-corrected chi connectivity index (χ0v) is 16.5. The minimum absolute atomic E-state index is 0.00567. The van der Waals surface area contributed by atoms with Crippen LogP contribution in [0.5, 0.6) is 0 Å². The van der Waals surface area contributed by atoms with E-state index in [2.05, 4.69) is 57.4 Å². The fourth-order valence-corrected chi connectivity index (χ4v) is 3.94. The van der Waals surface area contributed by atoms with E-state index in [0.717, 1.165) is 32.0 Å². The summed E-state index contributed by atoms with van der Waals surface area (Å²) in [5, 5.41) is 0. The molecule has 1 saturated carbocycles. The van der Waals surface area contributed by atoms with Gasteiger partial charge in [-0.1, -0.05) is 44.8 Å². The van der Waals surface area contributed by atoms with E-state index >= 15 is 0 Å². The Morgan fingerprint density at radius 1 is 1.17 bits per heavy atom. The van der Waals surface area contributed by atoms with Crippen LogP contribution in [0.1, 0.15) is 79.6 Å². The van der Waals surface area contributed by atoms with Crippen molar-refractivity contribution in [3.05, 3.63) is 29.0 Å². The van der Waals surface area contributed by atoms with Gasteiger partial charge in [0.15, 0.2) is 0 Å². The van der Waals surface area contributed by atoms with Gasteiger partial charge in [-0.3, -0.25) is 4.90 Å². The lowest BCUT2D eigenvalue weighted by atomic mass is 9.87. The first kappa shape index (κ1) is 19.5. The average Bonchev–Trinajstić information content (AvgIpc) is 3.04. The molecule has 1 atom stereocenters. The Hall–Kier alpha value is -0.820. The summed E-state index contributed by atoms with van der Waals surface area (Å²) in [4.78, 5) is 2.63. The number of ether oxygens (including phenoxy) is 1. The van der Waals surface area contributed by atoms with Crippen LogP contribution in [0.2, 0.25) is 0 Å². The van der Waals surface area contributed by atoms with Crippen molar-refractivity contribution in [1.29, 1.82) is 0 Å². The minimum Gasteiger partial charge on any atom is -0.361 e. The van der Waals surface area contributed by atoms with E-state index in [1.807, 2.05) is 0 Å². The molecule has 0 aromatic carbocycles. The third-order valence-corrected chi connectivity index (χ3v) is 5.37. The van der Waals surface area contributed by atoms with E-state index in [0.29, 0.717) is 0 Å². The maximum absolute atomic E-state index is 6.16. The van der Waals surface area contributed by atoms with Crippen molar-refractivity contribution in [1.82, 2.24) is 4.90 Å². The second-order valence-corrected chi connectivity index (χ2v) is 8.46. The summed E-state index contributed by atoms with van der Waals surface area (Å²) in [5.41, 5.74) is 6.29. The highest BCUT2D eigenvalue weighted by Crippen LogP contribution is 2.35. The number of allylic oxidation sites excluding steroid dienone is 2. The molecule has 2 heteroatoms. The standard InChI is InChI=1S/C22H37NO/c1-18(2)10-9-11-19(3)14-15-22(4,5)21-23(16-17-24-21)20-12-7-6-8-13-20/h10,15,20-21H,6-9,11-13,16-17H2,1-5H3/t14?,21-/m1/s1. The first-order valence-electron chi connectivity index (χ1n) is 9.84. The van der Waals surface area contributed by atoms with Crippen molar-refractivity contribution in [2.45, 2.75) is 91.8 Å². The summed E-state index contributed by atoms with van der Waals surface area (Å²) >= 11 is 0. The van der Waals surface area contributed by atoms with E-state index in [1.54, 1.807) is 0 Å². The van der Waals surface area contributed by atoms with E-state index in [9.17, 15) is 0 Å². The van der Waals surface area contributed by atoms with Gasteiger partial charge in [0.1, 0.15) is 6.23 Å². The van der Waals surface area contributed by atoms with Crippen molar-refractivity contribution in [2.75, 3.05) is 13.2 Å². The molecule has 0 radical (unpaired) electrons. The maximum Gasteiger partial charge on any atom is 0.120 e. The molecular weight excluding hydrogens is 294 g/mol. The molecule has 0 aromatic heterocycles. The van der Waals surface area contributed by atoms with Gasteiger partial charge in [-0.2, -0.15) is 0 Å². The Morgan fingerprint density at radius 3 is 2.54 bits per heavy atom. The van der Waals surface area contributed by atoms with Crippen molar-refractivity contribution in [3.8, 4) is 0 Å². The topological polar surface area (TPSA) is 12.5 Å². The van der Waals surface area contributed by atoms with Crippen molar-refractivity contribution in [3.63, 3.8) is 0 Å². The highest BCUT2D eigenvalue weighted by molar-refractivity contribution is 5.07. The fourth-order valence-electron chi connectivity index (χ4n) is 3.94. The molecule has 2 fully saturated rings. The van der Waals surface area contributed by atoms with Crippen LogP contribution in [0.15, 0.2) is 29.0 Å². The van der Waals surface area contributed by atoms with Gasteiger partial charge < -0.3 is 4.74 Å². The van der Waals surface area contributed by atoms with Crippen LogP contribution in [-0.2, 0) is 4.74 Å². The van der Waals surface area contributed by atoms with Gasteiger partial charge in [0.2, 0.25) is 0 Å². The van der Waals surface area contributed by atoms with Gasteiger partial charge >= 0.3 is 0 Å². The number of rotatable bonds is 6. The Balaban J connectivity index is 2.01. The molecule has 136 valence electrons. The van der Waals surface area contributed by atoms with E-state index in [1.165, 1.54) is 43.3 Å². The summed E-state index contributed by atoms with van der Waals surface area (Å²) < 4.78 is 6.16. The summed E-state index contributed by atoms with van der Waals surface area (Å²) in [7, 11) is 0. The van der Waals surface area contributed by atoms with Gasteiger partial charge in [0, 0.05) is 18.0 Å². The third kappa shape index (κ3) is 5.62. The molecule has 2 aliphatic rings. The number of hydrogen-bond donors (Lipinski definition) is 0. The Labute approximate surface area is 149 Å². The van der Waals surface area contributed by atoms with Crippen LogP contribution in [0.3, 0.4) is 0 Å². The molecule has 1 aliphatic carbocycles. The smallest absolute Gasteiger partial charge is 0.120 e. The lowest BCUT2D eigenvalue weighted by Crippen LogP contribution is -2.47. The predicted molar refractivity (Wildman–Crippen MR) is 103 cm³/mol. The van der Waals surface area contributed by atoms with Crippen molar-refractivity contribution >= 4 is 0 Å². The second-order valence-electron chi connectivity index (χ2n) is 8.46. The molecule has 0 aromatic rings. The van der Waals surface area contributed by atoms with E-state index < -0.39 is 0 Å². The Morgan fingerprint density at radius 2 is 1.88 bits per heavy atom. The largest absolute Gasteiger partial charge is 0.361 e. The molecule has 0 unspecified atom stereocenters. The summed E-state index contributed by atoms with van der Waals surface area (Å²) in [6, 6.07) is 0.724. The van der Waals surface area contributed by atoms with Crippen LogP contribution >= 0.6 is 0 Å². The third-order valence-electron chi connectivity index (χ3n) is 5.37. The summed E-state index contributed by atoms with van der Waals surface area (Å²) in [6.07, 6.45) is 13.8. The zero-order valence-electron chi connectivity index (χ0n) is 16.5. The highest BCUT2D eigenvalue weighted by Gasteiger charge is 2.40. The van der Waals surface area contributed by atoms with Crippen LogP contribution in [0, 0.1) is 5.41 Å². The fraction of sp³-hybridized carbons (Fsp3) is 0.773. The molecule has 2 nitrogen and oxygen atoms in total. The first-order valence-corrected chi connectivity index (χ1v) is 9.84. The summed E-state index contributed by atoms with van der Waals surface area (Å²) in [6.45, 7) is 13.1. The molecule has 0 amide bonds. The summed E-state index contributed by atoms with van der Waals surface area (Å²) in [5.74, 6) is 0. The normalized spacial score (nSPS) is 23.0. The second kappa shape index (κ2) is 9.04. The molecule has 24 heavy (non-hydrogen) atoms. The van der Waals surface area contributed by atoms with Gasteiger partial charge in [0.05, 0.1) is 6.61 Å². The Kier molecular flexibility index (Phi) is 7.34. The monoisotopic (exact) mass is 331 g/mol. The molecule has 2 rings (SSSR count). The van der Waals surface area contributed by atoms with Gasteiger partial charge in [-0.25, -0.2) is 0 Å². The van der Waals surface area contributed by atoms with Crippen LogP contribution < -0.4 is 0 Å². The molecular formula is C22H37NO. The lowest BCUT2D eigenvalue weighted by Gasteiger charge is -2.40. The van der Waals surface area contributed by atoms with E-state index in [4.69, 9.17) is 4.74 Å². The Bertz CT molecular complexity index is 486. The quantitative estimate of drug-likeness (QED) is 0.447. The molecule has 1 saturated heterocycles. The lowest BCUT2D eigenvalue weighted by molar-refractivity contribution is -0.0548. The molecule has 1 aliphatic heterocycles. The number of nitrogens with zero attached hydrogens (tertiary/aromatic N) is 1. The van der Waals surface area contributed by atoms with Gasteiger partial charge in [-0.15, -0.1) is 5.73 Å². The molecule has 1 heterocycles. The average molecular weight is 332 g/mol. The van der Waals surface area contributed by atoms with E-state index in [-0.39, 0.29) is 11.6 Å². The first-order chi connectivity index (χ1) is 11.4. The maximum atomic E-state index is 6.16. The highest BCUT2D eigenvalue weighted by atomic mass is 16.5. The van der Waals surface area contributed by atoms with Crippen LogP contribution in [-0.4, -0.2) is 30.3 Å². The van der Waals surface area contributed by atoms with Crippen molar-refractivity contribution in [2.24, 2.45) is 5.41 Å². The molecule has 0 bridgehead atoms. The van der Waals surface area contributed by atoms with Gasteiger partial charge in [-0.05, 0) is 58.1 Å².